The van der Waals surface area contributed by atoms with Crippen LogP contribution in [0.3, 0.4) is 0 Å². The van der Waals surface area contributed by atoms with E-state index in [2.05, 4.69) is 21.6 Å². The van der Waals surface area contributed by atoms with Gasteiger partial charge in [0.25, 0.3) is 0 Å². The van der Waals surface area contributed by atoms with Crippen LogP contribution in [-0.2, 0) is 11.3 Å². The molecule has 2 rings (SSSR count). The summed E-state index contributed by atoms with van der Waals surface area (Å²) in [5.74, 6) is 1.12. The quantitative estimate of drug-likeness (QED) is 0.708. The molecule has 1 aromatic rings. The molecule has 7 nitrogen and oxygen atoms in total. The molecule has 0 aliphatic heterocycles. The molecule has 114 valence electrons. The molecule has 0 radical (unpaired) electrons. The number of thioether (sulfide) groups is 1. The number of hydrogen-bond acceptors (Lipinski definition) is 6. The van der Waals surface area contributed by atoms with Gasteiger partial charge in [-0.1, -0.05) is 11.8 Å². The molecule has 1 saturated carbocycles. The third-order valence-corrected chi connectivity index (χ3v) is 4.58. The number of amides is 1. The van der Waals surface area contributed by atoms with Crippen LogP contribution in [0.25, 0.3) is 0 Å². The van der Waals surface area contributed by atoms with Gasteiger partial charge in [0.05, 0.1) is 11.8 Å². The summed E-state index contributed by atoms with van der Waals surface area (Å²) in [7, 11) is 0. The van der Waals surface area contributed by atoms with E-state index in [1.807, 2.05) is 11.5 Å². The highest BCUT2D eigenvalue weighted by molar-refractivity contribution is 7.99. The van der Waals surface area contributed by atoms with E-state index in [1.165, 1.54) is 11.8 Å². The minimum Gasteiger partial charge on any atom is -0.337 e. The van der Waals surface area contributed by atoms with E-state index in [1.54, 1.807) is 6.92 Å². The number of aromatic nitrogens is 3. The van der Waals surface area contributed by atoms with E-state index in [-0.39, 0.29) is 17.6 Å². The number of carbonyl (C=O) groups excluding carboxylic acids is 1. The lowest BCUT2D eigenvalue weighted by Crippen LogP contribution is -2.47. The topological polar surface area (TPSA) is 110 Å². The standard InChI is InChI=1S/C13H20N6OS/c1-9-17-18-12(19(9)6-5-14)21-7-11(20)16-13(2,8-15)10-3-4-10/h10H,3-7,14H2,1-2H3,(H,16,20). The van der Waals surface area contributed by atoms with Crippen LogP contribution in [0, 0.1) is 24.2 Å². The van der Waals surface area contributed by atoms with Crippen LogP contribution in [0.5, 0.6) is 0 Å². The average molecular weight is 308 g/mol. The Balaban J connectivity index is 1.91. The van der Waals surface area contributed by atoms with Gasteiger partial charge in [0.15, 0.2) is 5.16 Å². The summed E-state index contributed by atoms with van der Waals surface area (Å²) in [6.45, 7) is 4.76. The maximum Gasteiger partial charge on any atom is 0.231 e. The van der Waals surface area contributed by atoms with Gasteiger partial charge in [0.1, 0.15) is 11.4 Å². The zero-order valence-electron chi connectivity index (χ0n) is 12.3. The highest BCUT2D eigenvalue weighted by Gasteiger charge is 2.42. The van der Waals surface area contributed by atoms with Gasteiger partial charge < -0.3 is 15.6 Å². The monoisotopic (exact) mass is 308 g/mol. The van der Waals surface area contributed by atoms with Crippen LogP contribution in [0.15, 0.2) is 5.16 Å². The Morgan fingerprint density at radius 3 is 2.90 bits per heavy atom. The molecule has 8 heteroatoms. The molecular weight excluding hydrogens is 288 g/mol. The maximum atomic E-state index is 12.0. The molecule has 21 heavy (non-hydrogen) atoms. The number of nitriles is 1. The second-order valence-corrected chi connectivity index (χ2v) is 6.34. The first-order valence-corrected chi connectivity index (χ1v) is 7.93. The van der Waals surface area contributed by atoms with Crippen molar-refractivity contribution in [3.63, 3.8) is 0 Å². The fraction of sp³-hybridized carbons (Fsp3) is 0.692. The Morgan fingerprint density at radius 1 is 1.62 bits per heavy atom. The Labute approximate surface area is 128 Å². The van der Waals surface area contributed by atoms with Crippen molar-refractivity contribution in [2.45, 2.75) is 43.9 Å². The Morgan fingerprint density at radius 2 is 2.33 bits per heavy atom. The van der Waals surface area contributed by atoms with Crippen molar-refractivity contribution in [3.05, 3.63) is 5.82 Å². The fourth-order valence-corrected chi connectivity index (χ4v) is 3.00. The zero-order chi connectivity index (χ0) is 15.5. The number of nitrogens with two attached hydrogens (primary N) is 1. The number of carbonyl (C=O) groups is 1. The molecule has 1 aromatic heterocycles. The van der Waals surface area contributed by atoms with E-state index in [9.17, 15) is 10.1 Å². The summed E-state index contributed by atoms with van der Waals surface area (Å²) >= 11 is 1.31. The number of rotatable bonds is 7. The molecule has 1 aliphatic rings. The average Bonchev–Trinajstić information content (AvgIpc) is 3.25. The molecule has 0 spiro atoms. The first kappa shape index (κ1) is 15.8. The second kappa shape index (κ2) is 6.45. The lowest BCUT2D eigenvalue weighted by molar-refractivity contribution is -0.119. The van der Waals surface area contributed by atoms with Crippen LogP contribution in [0.2, 0.25) is 0 Å². The van der Waals surface area contributed by atoms with Crippen LogP contribution in [0.4, 0.5) is 0 Å². The summed E-state index contributed by atoms with van der Waals surface area (Å²) < 4.78 is 1.89. The molecule has 0 bridgehead atoms. The molecule has 1 unspecified atom stereocenters. The minimum absolute atomic E-state index is 0.157. The molecule has 1 atom stereocenters. The fourth-order valence-electron chi connectivity index (χ4n) is 2.19. The minimum atomic E-state index is -0.751. The first-order chi connectivity index (χ1) is 10.00. The second-order valence-electron chi connectivity index (χ2n) is 5.40. The van der Waals surface area contributed by atoms with E-state index >= 15 is 0 Å². The Hall–Kier alpha value is -1.59. The maximum absolute atomic E-state index is 12.0. The predicted molar refractivity (Wildman–Crippen MR) is 79.4 cm³/mol. The van der Waals surface area contributed by atoms with Gasteiger partial charge in [-0.15, -0.1) is 10.2 Å². The SMILES string of the molecule is Cc1nnc(SCC(=O)NC(C)(C#N)C2CC2)n1CCN. The van der Waals surface area contributed by atoms with Crippen LogP contribution >= 0.6 is 11.8 Å². The van der Waals surface area contributed by atoms with Crippen molar-refractivity contribution in [1.29, 1.82) is 5.26 Å². The van der Waals surface area contributed by atoms with Gasteiger partial charge in [0.2, 0.25) is 5.91 Å². The number of hydrogen-bond donors (Lipinski definition) is 2. The lowest BCUT2D eigenvalue weighted by atomic mass is 9.98. The Bertz CT molecular complexity index is 561. The van der Waals surface area contributed by atoms with Crippen LogP contribution < -0.4 is 11.1 Å². The van der Waals surface area contributed by atoms with Crippen LogP contribution in [-0.4, -0.2) is 38.5 Å². The number of aryl methyl sites for hydroxylation is 1. The normalized spacial score (nSPS) is 17.0. The smallest absolute Gasteiger partial charge is 0.231 e. The van der Waals surface area contributed by atoms with Gasteiger partial charge in [0, 0.05) is 13.1 Å². The third kappa shape index (κ3) is 3.74. The van der Waals surface area contributed by atoms with Crippen molar-refractivity contribution in [3.8, 4) is 6.07 Å². The van der Waals surface area contributed by atoms with Crippen molar-refractivity contribution in [2.24, 2.45) is 11.7 Å². The summed E-state index contributed by atoms with van der Waals surface area (Å²) in [5.41, 5.74) is 4.80. The number of nitrogens with one attached hydrogen (secondary N) is 1. The largest absolute Gasteiger partial charge is 0.337 e. The molecule has 1 fully saturated rings. The van der Waals surface area contributed by atoms with E-state index in [0.29, 0.717) is 18.2 Å². The first-order valence-electron chi connectivity index (χ1n) is 6.95. The van der Waals surface area contributed by atoms with E-state index < -0.39 is 5.54 Å². The van der Waals surface area contributed by atoms with E-state index in [0.717, 1.165) is 18.7 Å². The zero-order valence-corrected chi connectivity index (χ0v) is 13.1. The lowest BCUT2D eigenvalue weighted by Gasteiger charge is -2.22. The molecular formula is C13H20N6OS. The molecule has 1 aliphatic carbocycles. The Kier molecular flexibility index (Phi) is 4.85. The highest BCUT2D eigenvalue weighted by atomic mass is 32.2. The summed E-state index contributed by atoms with van der Waals surface area (Å²) in [5, 5.41) is 20.8. The molecule has 1 amide bonds. The molecule has 1 heterocycles. The van der Waals surface area contributed by atoms with Crippen molar-refractivity contribution in [2.75, 3.05) is 12.3 Å². The molecule has 0 aromatic carbocycles. The van der Waals surface area contributed by atoms with Gasteiger partial charge >= 0.3 is 0 Å². The summed E-state index contributed by atoms with van der Waals surface area (Å²) in [6.07, 6.45) is 2.00. The third-order valence-electron chi connectivity index (χ3n) is 3.61. The summed E-state index contributed by atoms with van der Waals surface area (Å²) in [6, 6.07) is 2.21. The predicted octanol–water partition coefficient (Wildman–Crippen LogP) is 0.446. The van der Waals surface area contributed by atoms with Gasteiger partial charge in [-0.2, -0.15) is 5.26 Å². The highest BCUT2D eigenvalue weighted by Crippen LogP contribution is 2.39. The molecule has 3 N–H and O–H groups in total. The number of nitrogens with zero attached hydrogens (tertiary/aromatic N) is 4. The van der Waals surface area contributed by atoms with Gasteiger partial charge in [-0.05, 0) is 32.6 Å². The van der Waals surface area contributed by atoms with Crippen molar-refractivity contribution < 1.29 is 4.79 Å². The van der Waals surface area contributed by atoms with Gasteiger partial charge in [-0.3, -0.25) is 4.79 Å². The summed E-state index contributed by atoms with van der Waals surface area (Å²) in [4.78, 5) is 12.0. The van der Waals surface area contributed by atoms with Crippen LogP contribution in [0.1, 0.15) is 25.6 Å². The van der Waals surface area contributed by atoms with Gasteiger partial charge in [-0.25, -0.2) is 0 Å². The van der Waals surface area contributed by atoms with Crippen molar-refractivity contribution in [1.82, 2.24) is 20.1 Å². The van der Waals surface area contributed by atoms with Crippen molar-refractivity contribution >= 4 is 17.7 Å². The molecule has 0 saturated heterocycles. The van der Waals surface area contributed by atoms with E-state index in [4.69, 9.17) is 5.73 Å².